The molecule has 30 heavy (non-hydrogen) atoms. The molecular formula is C23H29NO6. The van der Waals surface area contributed by atoms with Crippen molar-refractivity contribution in [2.24, 2.45) is 0 Å². The number of hydrogen-bond donors (Lipinski definition) is 1. The Labute approximate surface area is 177 Å². The molecule has 1 aliphatic rings. The Kier molecular flexibility index (Phi) is 7.18. The second kappa shape index (κ2) is 9.82. The van der Waals surface area contributed by atoms with Crippen LogP contribution in [-0.4, -0.2) is 62.9 Å². The minimum atomic E-state index is -0.663. The molecule has 0 aliphatic carbocycles. The van der Waals surface area contributed by atoms with Crippen LogP contribution in [0.25, 0.3) is 0 Å². The molecule has 2 aromatic carbocycles. The first-order valence-corrected chi connectivity index (χ1v) is 9.91. The number of nitrogens with zero attached hydrogens (tertiary/aromatic N) is 1. The maximum absolute atomic E-state index is 11.5. The first-order chi connectivity index (χ1) is 14.4. The van der Waals surface area contributed by atoms with Crippen molar-refractivity contribution in [1.29, 1.82) is 0 Å². The zero-order valence-electron chi connectivity index (χ0n) is 17.9. The Hall–Kier alpha value is -2.77. The standard InChI is InChI=1S/C23H29NO6/c1-15(25)16-5-6-20(21(9-16)27-2)30-14-19(26)13-24-8-7-17-10-22(28-3)23(29-4)11-18(17)12-24/h5-6,9-11,19,26H,7-8,12-14H2,1-4H3/t19-/m0/s1. The van der Waals surface area contributed by atoms with E-state index < -0.39 is 6.10 Å². The molecule has 0 unspecified atom stereocenters. The monoisotopic (exact) mass is 415 g/mol. The fourth-order valence-corrected chi connectivity index (χ4v) is 3.64. The van der Waals surface area contributed by atoms with Gasteiger partial charge in [-0.25, -0.2) is 0 Å². The average Bonchev–Trinajstić information content (AvgIpc) is 2.76. The van der Waals surface area contributed by atoms with E-state index in [9.17, 15) is 9.90 Å². The van der Waals surface area contributed by atoms with E-state index in [1.165, 1.54) is 25.2 Å². The predicted octanol–water partition coefficient (Wildman–Crippen LogP) is 2.71. The zero-order chi connectivity index (χ0) is 21.7. The van der Waals surface area contributed by atoms with Gasteiger partial charge in [0, 0.05) is 25.2 Å². The van der Waals surface area contributed by atoms with Crippen LogP contribution in [0.4, 0.5) is 0 Å². The smallest absolute Gasteiger partial charge is 0.161 e. The molecule has 7 heteroatoms. The maximum Gasteiger partial charge on any atom is 0.161 e. The van der Waals surface area contributed by atoms with Crippen LogP contribution in [0.5, 0.6) is 23.0 Å². The summed E-state index contributed by atoms with van der Waals surface area (Å²) in [5.41, 5.74) is 2.97. The normalized spacial score (nSPS) is 14.6. The lowest BCUT2D eigenvalue weighted by molar-refractivity contribution is 0.0627. The highest BCUT2D eigenvalue weighted by Crippen LogP contribution is 2.33. The fourth-order valence-electron chi connectivity index (χ4n) is 3.64. The first kappa shape index (κ1) is 21.9. The highest BCUT2D eigenvalue weighted by atomic mass is 16.5. The summed E-state index contributed by atoms with van der Waals surface area (Å²) in [6, 6.07) is 9.06. The van der Waals surface area contributed by atoms with Gasteiger partial charge in [-0.15, -0.1) is 0 Å². The number of carbonyl (C=O) groups excluding carboxylic acids is 1. The number of carbonyl (C=O) groups is 1. The molecule has 1 atom stereocenters. The van der Waals surface area contributed by atoms with Crippen molar-refractivity contribution in [2.75, 3.05) is 41.0 Å². The number of methoxy groups -OCH3 is 3. The van der Waals surface area contributed by atoms with Gasteiger partial charge in [-0.1, -0.05) is 0 Å². The Morgan fingerprint density at radius 2 is 1.63 bits per heavy atom. The van der Waals surface area contributed by atoms with E-state index in [-0.39, 0.29) is 12.4 Å². The quantitative estimate of drug-likeness (QED) is 0.631. The van der Waals surface area contributed by atoms with Crippen molar-refractivity contribution in [3.8, 4) is 23.0 Å². The molecule has 0 aromatic heterocycles. The highest BCUT2D eigenvalue weighted by molar-refractivity contribution is 5.94. The largest absolute Gasteiger partial charge is 0.493 e. The number of aliphatic hydroxyl groups is 1. The molecule has 0 bridgehead atoms. The molecule has 0 saturated carbocycles. The van der Waals surface area contributed by atoms with E-state index >= 15 is 0 Å². The summed E-state index contributed by atoms with van der Waals surface area (Å²) in [6.07, 6.45) is 0.215. The lowest BCUT2D eigenvalue weighted by Gasteiger charge is -2.31. The third-order valence-electron chi connectivity index (χ3n) is 5.27. The van der Waals surface area contributed by atoms with Gasteiger partial charge >= 0.3 is 0 Å². The van der Waals surface area contributed by atoms with Crippen LogP contribution >= 0.6 is 0 Å². The number of ether oxygens (including phenoxy) is 4. The topological polar surface area (TPSA) is 77.5 Å². The van der Waals surface area contributed by atoms with E-state index in [4.69, 9.17) is 18.9 Å². The Morgan fingerprint density at radius 3 is 2.27 bits per heavy atom. The lowest BCUT2D eigenvalue weighted by atomic mass is 9.98. The third-order valence-corrected chi connectivity index (χ3v) is 5.27. The van der Waals surface area contributed by atoms with E-state index in [1.807, 2.05) is 12.1 Å². The van der Waals surface area contributed by atoms with Gasteiger partial charge in [0.25, 0.3) is 0 Å². The van der Waals surface area contributed by atoms with Crippen LogP contribution in [0.1, 0.15) is 28.4 Å². The van der Waals surface area contributed by atoms with Crippen molar-refractivity contribution in [3.05, 3.63) is 47.0 Å². The average molecular weight is 415 g/mol. The summed E-state index contributed by atoms with van der Waals surface area (Å²) < 4.78 is 21.8. The number of benzene rings is 2. The van der Waals surface area contributed by atoms with Crippen molar-refractivity contribution in [2.45, 2.75) is 26.0 Å². The SMILES string of the molecule is COc1cc2c(cc1OC)CN(C[C@H](O)COc1ccc(C(C)=O)cc1OC)CC2. The van der Waals surface area contributed by atoms with Crippen molar-refractivity contribution in [1.82, 2.24) is 4.90 Å². The summed E-state index contributed by atoms with van der Waals surface area (Å²) in [5.74, 6) is 2.38. The highest BCUT2D eigenvalue weighted by Gasteiger charge is 2.22. The van der Waals surface area contributed by atoms with E-state index in [0.717, 1.165) is 25.3 Å². The van der Waals surface area contributed by atoms with Gasteiger partial charge in [-0.2, -0.15) is 0 Å². The van der Waals surface area contributed by atoms with Gasteiger partial charge in [0.05, 0.1) is 21.3 Å². The summed E-state index contributed by atoms with van der Waals surface area (Å²) in [4.78, 5) is 13.7. The minimum absolute atomic E-state index is 0.0421. The summed E-state index contributed by atoms with van der Waals surface area (Å²) in [5, 5.41) is 10.5. The van der Waals surface area contributed by atoms with Gasteiger partial charge in [0.2, 0.25) is 0 Å². The van der Waals surface area contributed by atoms with Crippen LogP contribution < -0.4 is 18.9 Å². The Bertz CT molecular complexity index is 898. The molecular weight excluding hydrogens is 386 g/mol. The number of hydrogen-bond acceptors (Lipinski definition) is 7. The molecule has 0 radical (unpaired) electrons. The minimum Gasteiger partial charge on any atom is -0.493 e. The Morgan fingerprint density at radius 1 is 1.00 bits per heavy atom. The molecule has 0 spiro atoms. The Balaban J connectivity index is 1.59. The number of Topliss-reactive ketones (excluding diaryl/α,β-unsaturated/α-hetero) is 1. The van der Waals surface area contributed by atoms with Crippen LogP contribution in [0.2, 0.25) is 0 Å². The first-order valence-electron chi connectivity index (χ1n) is 9.91. The van der Waals surface area contributed by atoms with Gasteiger partial charge in [-0.05, 0) is 54.8 Å². The molecule has 7 nitrogen and oxygen atoms in total. The number of β-amino-alcohol motifs (C(OH)–C–C–N with tert-alkyl or cyclic N) is 1. The van der Waals surface area contributed by atoms with Crippen molar-refractivity contribution < 1.29 is 28.8 Å². The third kappa shape index (κ3) is 5.04. The van der Waals surface area contributed by atoms with Crippen LogP contribution in [0.3, 0.4) is 0 Å². The second-order valence-corrected chi connectivity index (χ2v) is 7.35. The van der Waals surface area contributed by atoms with Crippen molar-refractivity contribution in [3.63, 3.8) is 0 Å². The number of aliphatic hydroxyl groups excluding tert-OH is 1. The molecule has 1 aliphatic heterocycles. The van der Waals surface area contributed by atoms with E-state index in [1.54, 1.807) is 32.4 Å². The zero-order valence-corrected chi connectivity index (χ0v) is 17.9. The molecule has 1 heterocycles. The number of fused-ring (bicyclic) bond motifs is 1. The molecule has 0 fully saturated rings. The van der Waals surface area contributed by atoms with Crippen molar-refractivity contribution >= 4 is 5.78 Å². The van der Waals surface area contributed by atoms with Gasteiger partial charge < -0.3 is 24.1 Å². The van der Waals surface area contributed by atoms with E-state index in [2.05, 4.69) is 4.90 Å². The number of ketones is 1. The van der Waals surface area contributed by atoms with E-state index in [0.29, 0.717) is 29.4 Å². The van der Waals surface area contributed by atoms with Gasteiger partial charge in [0.15, 0.2) is 28.8 Å². The predicted molar refractivity (Wildman–Crippen MR) is 113 cm³/mol. The summed E-state index contributed by atoms with van der Waals surface area (Å²) >= 11 is 0. The second-order valence-electron chi connectivity index (χ2n) is 7.35. The molecule has 0 amide bonds. The molecule has 1 N–H and O–H groups in total. The van der Waals surface area contributed by atoms with Crippen LogP contribution in [-0.2, 0) is 13.0 Å². The van der Waals surface area contributed by atoms with Crippen LogP contribution in [0.15, 0.2) is 30.3 Å². The molecule has 3 rings (SSSR count). The summed E-state index contributed by atoms with van der Waals surface area (Å²) in [6.45, 7) is 3.69. The van der Waals surface area contributed by atoms with Gasteiger partial charge in [-0.3, -0.25) is 9.69 Å². The summed E-state index contributed by atoms with van der Waals surface area (Å²) in [7, 11) is 4.79. The lowest BCUT2D eigenvalue weighted by Crippen LogP contribution is -2.38. The molecule has 162 valence electrons. The number of rotatable bonds is 9. The molecule has 2 aromatic rings. The maximum atomic E-state index is 11.5. The van der Waals surface area contributed by atoms with Crippen LogP contribution in [0, 0.1) is 0 Å². The molecule has 0 saturated heterocycles. The fraction of sp³-hybridized carbons (Fsp3) is 0.435. The van der Waals surface area contributed by atoms with Gasteiger partial charge in [0.1, 0.15) is 12.7 Å².